The lowest BCUT2D eigenvalue weighted by molar-refractivity contribution is 0.556. The van der Waals surface area contributed by atoms with Crippen molar-refractivity contribution in [2.45, 2.75) is 13.1 Å². The lowest BCUT2D eigenvalue weighted by Gasteiger charge is -2.02. The van der Waals surface area contributed by atoms with Crippen molar-refractivity contribution in [1.29, 1.82) is 0 Å². The van der Waals surface area contributed by atoms with Gasteiger partial charge in [0.25, 0.3) is 0 Å². The third-order valence-electron chi connectivity index (χ3n) is 2.00. The second kappa shape index (κ2) is 5.44. The average Bonchev–Trinajstić information content (AvgIpc) is 2.84. The molecule has 0 aliphatic rings. The zero-order chi connectivity index (χ0) is 10.5. The highest BCUT2D eigenvalue weighted by atomic mass is 79.9. The second-order valence-electron chi connectivity index (χ2n) is 3.18. The van der Waals surface area contributed by atoms with Crippen molar-refractivity contribution in [1.82, 2.24) is 15.1 Å². The standard InChI is InChI=1S/C10H12BrN3S/c11-9-6-13-14(8-9)4-3-12-7-10-2-1-5-15-10/h1-2,5-6,8,12H,3-4,7H2. The van der Waals surface area contributed by atoms with E-state index in [-0.39, 0.29) is 0 Å². The summed E-state index contributed by atoms with van der Waals surface area (Å²) in [5.74, 6) is 0. The van der Waals surface area contributed by atoms with E-state index in [1.54, 1.807) is 17.5 Å². The predicted molar refractivity (Wildman–Crippen MR) is 66.0 cm³/mol. The van der Waals surface area contributed by atoms with E-state index >= 15 is 0 Å². The number of nitrogens with one attached hydrogen (secondary N) is 1. The summed E-state index contributed by atoms with van der Waals surface area (Å²) in [6, 6.07) is 4.22. The Morgan fingerprint density at radius 1 is 1.53 bits per heavy atom. The summed E-state index contributed by atoms with van der Waals surface area (Å²) in [6.07, 6.45) is 3.78. The average molecular weight is 286 g/mol. The van der Waals surface area contributed by atoms with Gasteiger partial charge in [0.05, 0.1) is 17.2 Å². The third kappa shape index (κ3) is 3.44. The van der Waals surface area contributed by atoms with Gasteiger partial charge in [-0.3, -0.25) is 4.68 Å². The number of hydrogen-bond donors (Lipinski definition) is 1. The van der Waals surface area contributed by atoms with E-state index in [0.717, 1.165) is 24.1 Å². The summed E-state index contributed by atoms with van der Waals surface area (Å²) in [5.41, 5.74) is 0. The number of rotatable bonds is 5. The van der Waals surface area contributed by atoms with E-state index in [2.05, 4.69) is 43.9 Å². The van der Waals surface area contributed by atoms with Crippen LogP contribution in [0.3, 0.4) is 0 Å². The summed E-state index contributed by atoms with van der Waals surface area (Å²) in [7, 11) is 0. The maximum Gasteiger partial charge on any atom is 0.0632 e. The molecule has 2 rings (SSSR count). The molecule has 0 amide bonds. The molecule has 80 valence electrons. The van der Waals surface area contributed by atoms with Gasteiger partial charge in [-0.1, -0.05) is 6.07 Å². The molecule has 0 unspecified atom stereocenters. The van der Waals surface area contributed by atoms with E-state index < -0.39 is 0 Å². The van der Waals surface area contributed by atoms with E-state index in [0.29, 0.717) is 0 Å². The first kappa shape index (κ1) is 10.9. The molecule has 3 nitrogen and oxygen atoms in total. The molecule has 0 radical (unpaired) electrons. The Morgan fingerprint density at radius 3 is 3.13 bits per heavy atom. The topological polar surface area (TPSA) is 29.9 Å². The minimum absolute atomic E-state index is 0.900. The molecule has 2 aromatic heterocycles. The summed E-state index contributed by atoms with van der Waals surface area (Å²) < 4.78 is 2.95. The fraction of sp³-hybridized carbons (Fsp3) is 0.300. The van der Waals surface area contributed by atoms with Crippen LogP contribution in [0.25, 0.3) is 0 Å². The van der Waals surface area contributed by atoms with Gasteiger partial charge >= 0.3 is 0 Å². The van der Waals surface area contributed by atoms with Gasteiger partial charge in [-0.2, -0.15) is 5.10 Å². The van der Waals surface area contributed by atoms with Crippen molar-refractivity contribution in [3.8, 4) is 0 Å². The van der Waals surface area contributed by atoms with Crippen molar-refractivity contribution >= 4 is 27.3 Å². The van der Waals surface area contributed by atoms with Crippen molar-refractivity contribution in [3.05, 3.63) is 39.3 Å². The Bertz CT molecular complexity index is 396. The molecule has 2 heterocycles. The van der Waals surface area contributed by atoms with E-state index in [9.17, 15) is 0 Å². The van der Waals surface area contributed by atoms with Crippen molar-refractivity contribution in [2.75, 3.05) is 6.54 Å². The Kier molecular flexibility index (Phi) is 3.94. The lowest BCUT2D eigenvalue weighted by atomic mass is 10.4. The highest BCUT2D eigenvalue weighted by Gasteiger charge is 1.95. The quantitative estimate of drug-likeness (QED) is 0.856. The fourth-order valence-corrected chi connectivity index (χ4v) is 2.28. The fourth-order valence-electron chi connectivity index (χ4n) is 1.28. The van der Waals surface area contributed by atoms with Gasteiger partial charge in [0.1, 0.15) is 0 Å². The third-order valence-corrected chi connectivity index (χ3v) is 3.28. The normalized spacial score (nSPS) is 10.7. The molecule has 0 aliphatic heterocycles. The van der Waals surface area contributed by atoms with Gasteiger partial charge in [-0.15, -0.1) is 11.3 Å². The zero-order valence-corrected chi connectivity index (χ0v) is 10.6. The highest BCUT2D eigenvalue weighted by Crippen LogP contribution is 2.07. The van der Waals surface area contributed by atoms with Crippen LogP contribution in [-0.4, -0.2) is 16.3 Å². The monoisotopic (exact) mass is 285 g/mol. The lowest BCUT2D eigenvalue weighted by Crippen LogP contribution is -2.19. The second-order valence-corrected chi connectivity index (χ2v) is 5.13. The maximum absolute atomic E-state index is 4.18. The molecule has 0 aliphatic carbocycles. The molecule has 0 fully saturated rings. The molecule has 0 spiro atoms. The Balaban J connectivity index is 1.67. The molecule has 0 saturated carbocycles. The Morgan fingerprint density at radius 2 is 2.47 bits per heavy atom. The molecule has 0 bridgehead atoms. The molecule has 0 aromatic carbocycles. The van der Waals surface area contributed by atoms with Gasteiger partial charge in [0.2, 0.25) is 0 Å². The van der Waals surface area contributed by atoms with Crippen LogP contribution in [0, 0.1) is 0 Å². The number of thiophene rings is 1. The smallest absolute Gasteiger partial charge is 0.0632 e. The molecule has 1 N–H and O–H groups in total. The first-order valence-electron chi connectivity index (χ1n) is 4.75. The van der Waals surface area contributed by atoms with Crippen LogP contribution in [0.1, 0.15) is 4.88 Å². The molecular weight excluding hydrogens is 274 g/mol. The molecule has 2 aromatic rings. The Labute approximate surface area is 101 Å². The minimum Gasteiger partial charge on any atom is -0.310 e. The Hall–Kier alpha value is -0.650. The van der Waals surface area contributed by atoms with Crippen LogP contribution in [-0.2, 0) is 13.1 Å². The van der Waals surface area contributed by atoms with Crippen molar-refractivity contribution in [3.63, 3.8) is 0 Å². The van der Waals surface area contributed by atoms with Crippen LogP contribution in [0.4, 0.5) is 0 Å². The largest absolute Gasteiger partial charge is 0.310 e. The summed E-state index contributed by atoms with van der Waals surface area (Å²) >= 11 is 5.15. The first-order chi connectivity index (χ1) is 7.34. The SMILES string of the molecule is Brc1cnn(CCNCc2cccs2)c1. The number of halogens is 1. The summed E-state index contributed by atoms with van der Waals surface area (Å²) in [6.45, 7) is 2.78. The van der Waals surface area contributed by atoms with Crippen LogP contribution in [0.5, 0.6) is 0 Å². The first-order valence-corrected chi connectivity index (χ1v) is 6.43. The molecule has 0 atom stereocenters. The van der Waals surface area contributed by atoms with Gasteiger partial charge in [0.15, 0.2) is 0 Å². The van der Waals surface area contributed by atoms with Crippen LogP contribution >= 0.6 is 27.3 Å². The highest BCUT2D eigenvalue weighted by molar-refractivity contribution is 9.10. The van der Waals surface area contributed by atoms with Crippen LogP contribution < -0.4 is 5.32 Å². The number of nitrogens with zero attached hydrogens (tertiary/aromatic N) is 2. The van der Waals surface area contributed by atoms with Crippen LogP contribution in [0.2, 0.25) is 0 Å². The summed E-state index contributed by atoms with van der Waals surface area (Å²) in [5, 5.41) is 9.66. The van der Waals surface area contributed by atoms with Gasteiger partial charge < -0.3 is 5.32 Å². The van der Waals surface area contributed by atoms with Crippen molar-refractivity contribution < 1.29 is 0 Å². The van der Waals surface area contributed by atoms with E-state index in [1.807, 2.05) is 10.9 Å². The molecule has 5 heteroatoms. The molecular formula is C10H12BrN3S. The predicted octanol–water partition coefficient (Wildman–Crippen LogP) is 2.50. The van der Waals surface area contributed by atoms with Gasteiger partial charge in [0, 0.05) is 24.2 Å². The van der Waals surface area contributed by atoms with E-state index in [1.165, 1.54) is 4.88 Å². The van der Waals surface area contributed by atoms with Crippen molar-refractivity contribution in [2.24, 2.45) is 0 Å². The number of hydrogen-bond acceptors (Lipinski definition) is 3. The molecule has 15 heavy (non-hydrogen) atoms. The summed E-state index contributed by atoms with van der Waals surface area (Å²) in [4.78, 5) is 1.37. The van der Waals surface area contributed by atoms with Gasteiger partial charge in [-0.25, -0.2) is 0 Å². The maximum atomic E-state index is 4.18. The van der Waals surface area contributed by atoms with E-state index in [4.69, 9.17) is 0 Å². The van der Waals surface area contributed by atoms with Crippen LogP contribution in [0.15, 0.2) is 34.4 Å². The number of aromatic nitrogens is 2. The van der Waals surface area contributed by atoms with Gasteiger partial charge in [-0.05, 0) is 27.4 Å². The zero-order valence-electron chi connectivity index (χ0n) is 8.19. The minimum atomic E-state index is 0.900. The molecule has 0 saturated heterocycles.